The van der Waals surface area contributed by atoms with Crippen molar-refractivity contribution in [1.82, 2.24) is 15.1 Å². The lowest BCUT2D eigenvalue weighted by atomic mass is 9.98. The summed E-state index contributed by atoms with van der Waals surface area (Å²) in [5.74, 6) is 0.0805. The molecule has 3 atom stereocenters. The Hall–Kier alpha value is -3.88. The monoisotopic (exact) mass is 558 g/mol. The smallest absolute Gasteiger partial charge is 0.319 e. The molecule has 1 heterocycles. The molecule has 3 N–H and O–H groups in total. The first kappa shape index (κ1) is 30.1. The van der Waals surface area contributed by atoms with Gasteiger partial charge in [-0.05, 0) is 56.6 Å². The standard InChI is InChI=1S/C33H42N4O4/c1-22(2)34-33(40)35-29-13-9-12-28-31(29)41-30(23(3)18-37(32(28)39)24(4)21-38)20-36(5)19-25-14-16-27(17-15-25)26-10-7-6-8-11-26/h6-17,22-24,30,38H,18-21H2,1-5H3,(H2,34,35,40)/t23-,24+,30-/m0/s1. The van der Waals surface area contributed by atoms with E-state index >= 15 is 0 Å². The molecule has 0 aliphatic carbocycles. The van der Waals surface area contributed by atoms with Gasteiger partial charge in [0.1, 0.15) is 6.10 Å². The van der Waals surface area contributed by atoms with Gasteiger partial charge < -0.3 is 25.4 Å². The van der Waals surface area contributed by atoms with Crippen LogP contribution in [0.2, 0.25) is 0 Å². The molecule has 3 aromatic carbocycles. The highest BCUT2D eigenvalue weighted by Gasteiger charge is 2.34. The molecule has 8 nitrogen and oxygen atoms in total. The maximum Gasteiger partial charge on any atom is 0.319 e. The molecule has 0 saturated carbocycles. The molecule has 8 heteroatoms. The summed E-state index contributed by atoms with van der Waals surface area (Å²) >= 11 is 0. The van der Waals surface area contributed by atoms with Gasteiger partial charge >= 0.3 is 6.03 Å². The first-order chi connectivity index (χ1) is 19.7. The number of nitrogens with one attached hydrogen (secondary N) is 2. The number of para-hydroxylation sites is 1. The zero-order chi connectivity index (χ0) is 29.5. The van der Waals surface area contributed by atoms with Crippen molar-refractivity contribution in [2.24, 2.45) is 5.92 Å². The molecule has 4 rings (SSSR count). The third-order valence-corrected chi connectivity index (χ3v) is 7.36. The number of carbonyl (C=O) groups is 2. The van der Waals surface area contributed by atoms with E-state index in [9.17, 15) is 14.7 Å². The predicted octanol–water partition coefficient (Wildman–Crippen LogP) is 5.24. The predicted molar refractivity (Wildman–Crippen MR) is 163 cm³/mol. The summed E-state index contributed by atoms with van der Waals surface area (Å²) in [5, 5.41) is 15.6. The van der Waals surface area contributed by atoms with Gasteiger partial charge in [-0.25, -0.2) is 4.79 Å². The highest BCUT2D eigenvalue weighted by Crippen LogP contribution is 2.35. The van der Waals surface area contributed by atoms with Crippen LogP contribution in [0.5, 0.6) is 5.75 Å². The molecule has 218 valence electrons. The molecule has 1 aliphatic rings. The molecule has 0 aromatic heterocycles. The Morgan fingerprint density at radius 1 is 1.02 bits per heavy atom. The van der Waals surface area contributed by atoms with Crippen molar-refractivity contribution in [2.75, 3.05) is 32.1 Å². The van der Waals surface area contributed by atoms with Crippen molar-refractivity contribution < 1.29 is 19.4 Å². The third kappa shape index (κ3) is 7.65. The molecule has 0 fully saturated rings. The van der Waals surface area contributed by atoms with Gasteiger partial charge in [0, 0.05) is 31.6 Å². The molecule has 0 saturated heterocycles. The van der Waals surface area contributed by atoms with Gasteiger partial charge in [0.15, 0.2) is 5.75 Å². The van der Waals surface area contributed by atoms with Crippen molar-refractivity contribution in [1.29, 1.82) is 0 Å². The molecule has 3 amide bonds. The Bertz CT molecular complexity index is 1310. The number of likely N-dealkylation sites (N-methyl/N-ethyl adjacent to an activating group) is 1. The fourth-order valence-electron chi connectivity index (χ4n) is 5.10. The van der Waals surface area contributed by atoms with Crippen LogP contribution < -0.4 is 15.4 Å². The number of ether oxygens (including phenoxy) is 1. The topological polar surface area (TPSA) is 94.1 Å². The maximum absolute atomic E-state index is 13.6. The zero-order valence-corrected chi connectivity index (χ0v) is 24.6. The number of anilines is 1. The lowest BCUT2D eigenvalue weighted by molar-refractivity contribution is 0.0343. The van der Waals surface area contributed by atoms with E-state index in [0.717, 1.165) is 6.54 Å². The Balaban J connectivity index is 1.57. The number of hydrogen-bond acceptors (Lipinski definition) is 5. The Labute approximate surface area is 243 Å². The lowest BCUT2D eigenvalue weighted by Gasteiger charge is -2.38. The van der Waals surface area contributed by atoms with Gasteiger partial charge in [0.25, 0.3) is 5.91 Å². The largest absolute Gasteiger partial charge is 0.486 e. The fourth-order valence-corrected chi connectivity index (χ4v) is 5.10. The van der Waals surface area contributed by atoms with Crippen LogP contribution in [0.25, 0.3) is 11.1 Å². The summed E-state index contributed by atoms with van der Waals surface area (Å²) in [5.41, 5.74) is 4.34. The number of rotatable bonds is 9. The summed E-state index contributed by atoms with van der Waals surface area (Å²) in [7, 11) is 2.06. The van der Waals surface area contributed by atoms with Crippen LogP contribution in [0.3, 0.4) is 0 Å². The third-order valence-electron chi connectivity index (χ3n) is 7.36. The maximum atomic E-state index is 13.6. The molecular formula is C33H42N4O4. The number of hydrogen-bond donors (Lipinski definition) is 3. The molecule has 0 spiro atoms. The van der Waals surface area contributed by atoms with Gasteiger partial charge in [0.2, 0.25) is 0 Å². The summed E-state index contributed by atoms with van der Waals surface area (Å²) in [4.78, 5) is 30.2. The summed E-state index contributed by atoms with van der Waals surface area (Å²) in [6.07, 6.45) is -0.278. The van der Waals surface area contributed by atoms with Crippen molar-refractivity contribution in [2.45, 2.75) is 52.4 Å². The fraction of sp³-hybridized carbons (Fsp3) is 0.394. The number of amides is 3. The average Bonchev–Trinajstić information content (AvgIpc) is 2.95. The van der Waals surface area contributed by atoms with Crippen LogP contribution in [0, 0.1) is 5.92 Å². The number of aliphatic hydroxyl groups excluding tert-OH is 1. The van der Waals surface area contributed by atoms with Crippen LogP contribution in [-0.4, -0.2) is 71.8 Å². The second kappa shape index (κ2) is 13.7. The number of carbonyl (C=O) groups excluding carboxylic acids is 2. The summed E-state index contributed by atoms with van der Waals surface area (Å²) in [6, 6.07) is 23.3. The highest BCUT2D eigenvalue weighted by molar-refractivity contribution is 6.01. The number of fused-ring (bicyclic) bond motifs is 1. The minimum absolute atomic E-state index is 0.0402. The number of benzene rings is 3. The molecule has 1 aliphatic heterocycles. The van der Waals surface area contributed by atoms with Crippen molar-refractivity contribution in [3.8, 4) is 16.9 Å². The summed E-state index contributed by atoms with van der Waals surface area (Å²) < 4.78 is 6.61. The van der Waals surface area contributed by atoms with Crippen molar-refractivity contribution >= 4 is 17.6 Å². The highest BCUT2D eigenvalue weighted by atomic mass is 16.5. The SMILES string of the molecule is CC(C)NC(=O)Nc1cccc2c1O[C@@H](CN(C)Cc1ccc(-c3ccccc3)cc1)[C@@H](C)CN([C@H](C)CO)C2=O. The van der Waals surface area contributed by atoms with E-state index in [-0.39, 0.29) is 42.7 Å². The van der Waals surface area contributed by atoms with Gasteiger partial charge in [0.05, 0.1) is 23.9 Å². The first-order valence-electron chi connectivity index (χ1n) is 14.3. The molecule has 0 bridgehead atoms. The molecule has 41 heavy (non-hydrogen) atoms. The first-order valence-corrected chi connectivity index (χ1v) is 14.3. The van der Waals surface area contributed by atoms with E-state index in [4.69, 9.17) is 4.74 Å². The van der Waals surface area contributed by atoms with E-state index in [0.29, 0.717) is 30.1 Å². The molecule has 3 aromatic rings. The van der Waals surface area contributed by atoms with E-state index < -0.39 is 0 Å². The van der Waals surface area contributed by atoms with Crippen LogP contribution in [0.1, 0.15) is 43.6 Å². The second-order valence-electron chi connectivity index (χ2n) is 11.3. The van der Waals surface area contributed by atoms with Crippen molar-refractivity contribution in [3.63, 3.8) is 0 Å². The van der Waals surface area contributed by atoms with Crippen LogP contribution in [0.4, 0.5) is 10.5 Å². The minimum Gasteiger partial charge on any atom is -0.486 e. The van der Waals surface area contributed by atoms with Gasteiger partial charge in [-0.2, -0.15) is 0 Å². The van der Waals surface area contributed by atoms with E-state index in [2.05, 4.69) is 65.9 Å². The second-order valence-corrected chi connectivity index (χ2v) is 11.3. The van der Waals surface area contributed by atoms with Gasteiger partial charge in [-0.15, -0.1) is 0 Å². The zero-order valence-electron chi connectivity index (χ0n) is 24.6. The normalized spacial score (nSPS) is 17.9. The Morgan fingerprint density at radius 3 is 2.37 bits per heavy atom. The lowest BCUT2D eigenvalue weighted by Crippen LogP contribution is -2.49. The van der Waals surface area contributed by atoms with Crippen LogP contribution >= 0.6 is 0 Å². The molecule has 0 unspecified atom stereocenters. The minimum atomic E-state index is -0.368. The summed E-state index contributed by atoms with van der Waals surface area (Å²) in [6.45, 7) is 9.28. The molecule has 0 radical (unpaired) electrons. The quantitative estimate of drug-likeness (QED) is 0.334. The number of urea groups is 1. The van der Waals surface area contributed by atoms with E-state index in [1.165, 1.54) is 16.7 Å². The van der Waals surface area contributed by atoms with E-state index in [1.807, 2.05) is 39.0 Å². The number of nitrogens with zero attached hydrogens (tertiary/aromatic N) is 2. The average molecular weight is 559 g/mol. The molecular weight excluding hydrogens is 516 g/mol. The van der Waals surface area contributed by atoms with Gasteiger partial charge in [-0.3, -0.25) is 9.69 Å². The van der Waals surface area contributed by atoms with E-state index in [1.54, 1.807) is 23.1 Å². The van der Waals surface area contributed by atoms with Gasteiger partial charge in [-0.1, -0.05) is 67.6 Å². The van der Waals surface area contributed by atoms with Crippen LogP contribution in [0.15, 0.2) is 72.8 Å². The van der Waals surface area contributed by atoms with Crippen LogP contribution in [-0.2, 0) is 6.54 Å². The Morgan fingerprint density at radius 2 is 1.71 bits per heavy atom. The Kier molecular flexibility index (Phi) is 10.0. The number of aliphatic hydroxyl groups is 1. The van der Waals surface area contributed by atoms with Crippen molar-refractivity contribution in [3.05, 3.63) is 83.9 Å².